The summed E-state index contributed by atoms with van der Waals surface area (Å²) in [6.07, 6.45) is 0.268. The lowest BCUT2D eigenvalue weighted by molar-refractivity contribution is 0.0116. The van der Waals surface area contributed by atoms with E-state index in [0.29, 0.717) is 19.8 Å². The molecular formula is C14H22O4. The average Bonchev–Trinajstić information content (AvgIpc) is 2.41. The normalized spacial score (nSPS) is 12.4. The van der Waals surface area contributed by atoms with Gasteiger partial charge in [-0.05, 0) is 12.5 Å². The van der Waals surface area contributed by atoms with Crippen molar-refractivity contribution in [3.8, 4) is 5.75 Å². The van der Waals surface area contributed by atoms with Gasteiger partial charge < -0.3 is 19.3 Å². The van der Waals surface area contributed by atoms with E-state index < -0.39 is 6.10 Å². The van der Waals surface area contributed by atoms with E-state index in [1.807, 2.05) is 31.2 Å². The van der Waals surface area contributed by atoms with E-state index in [2.05, 4.69) is 0 Å². The van der Waals surface area contributed by atoms with Crippen LogP contribution in [0.2, 0.25) is 0 Å². The highest BCUT2D eigenvalue weighted by Gasteiger charge is 2.13. The third kappa shape index (κ3) is 5.04. The third-order valence-electron chi connectivity index (χ3n) is 2.45. The van der Waals surface area contributed by atoms with Crippen LogP contribution in [-0.4, -0.2) is 38.6 Å². The molecule has 0 aromatic heterocycles. The molecule has 0 saturated heterocycles. The summed E-state index contributed by atoms with van der Waals surface area (Å²) in [7, 11) is 1.62. The van der Waals surface area contributed by atoms with Gasteiger partial charge >= 0.3 is 0 Å². The molecule has 1 atom stereocenters. The zero-order valence-electron chi connectivity index (χ0n) is 11.1. The highest BCUT2D eigenvalue weighted by molar-refractivity contribution is 5.35. The maximum atomic E-state index is 10.1. The van der Waals surface area contributed by atoms with Crippen LogP contribution in [0.4, 0.5) is 0 Å². The minimum Gasteiger partial charge on any atom is -0.493 e. The number of aliphatic hydroxyl groups excluding tert-OH is 1. The van der Waals surface area contributed by atoms with Crippen LogP contribution in [0.1, 0.15) is 25.0 Å². The van der Waals surface area contributed by atoms with Gasteiger partial charge in [0.25, 0.3) is 0 Å². The minimum absolute atomic E-state index is 0.246. The highest BCUT2D eigenvalue weighted by atomic mass is 16.5. The first-order chi connectivity index (χ1) is 8.79. The Morgan fingerprint density at radius 1 is 1.17 bits per heavy atom. The van der Waals surface area contributed by atoms with Gasteiger partial charge in [0, 0.05) is 12.7 Å². The first-order valence-electron chi connectivity index (χ1n) is 6.26. The maximum Gasteiger partial charge on any atom is 0.125 e. The number of para-hydroxylation sites is 1. The lowest BCUT2D eigenvalue weighted by atomic mass is 10.1. The van der Waals surface area contributed by atoms with Gasteiger partial charge in [-0.3, -0.25) is 0 Å². The van der Waals surface area contributed by atoms with E-state index in [1.165, 1.54) is 0 Å². The van der Waals surface area contributed by atoms with E-state index in [9.17, 15) is 5.11 Å². The van der Waals surface area contributed by atoms with E-state index in [1.54, 1.807) is 7.11 Å². The van der Waals surface area contributed by atoms with Gasteiger partial charge in [0.1, 0.15) is 11.9 Å². The molecule has 0 heterocycles. The largest absolute Gasteiger partial charge is 0.493 e. The van der Waals surface area contributed by atoms with E-state index in [4.69, 9.17) is 14.2 Å². The summed E-state index contributed by atoms with van der Waals surface area (Å²) in [4.78, 5) is 0. The fourth-order valence-corrected chi connectivity index (χ4v) is 1.53. The van der Waals surface area contributed by atoms with Crippen molar-refractivity contribution in [2.24, 2.45) is 0 Å². The molecule has 1 N–H and O–H groups in total. The summed E-state index contributed by atoms with van der Waals surface area (Å²) >= 11 is 0. The Hall–Kier alpha value is -1.10. The zero-order chi connectivity index (χ0) is 13.2. The molecule has 102 valence electrons. The average molecular weight is 254 g/mol. The van der Waals surface area contributed by atoms with Crippen LogP contribution in [0, 0.1) is 0 Å². The number of methoxy groups -OCH3 is 1. The molecule has 0 amide bonds. The molecule has 0 fully saturated rings. The Morgan fingerprint density at radius 3 is 2.67 bits per heavy atom. The molecule has 0 spiro atoms. The zero-order valence-corrected chi connectivity index (χ0v) is 11.1. The second-order valence-corrected chi connectivity index (χ2v) is 3.97. The van der Waals surface area contributed by atoms with E-state index >= 15 is 0 Å². The monoisotopic (exact) mass is 254 g/mol. The number of aliphatic hydroxyl groups is 1. The molecule has 0 aliphatic heterocycles. The van der Waals surface area contributed by atoms with Crippen molar-refractivity contribution in [1.82, 2.24) is 0 Å². The highest BCUT2D eigenvalue weighted by Crippen LogP contribution is 2.25. The Balaban J connectivity index is 2.52. The fourth-order valence-electron chi connectivity index (χ4n) is 1.53. The van der Waals surface area contributed by atoms with Crippen molar-refractivity contribution in [2.75, 3.05) is 33.5 Å². The van der Waals surface area contributed by atoms with Crippen LogP contribution < -0.4 is 4.74 Å². The predicted octanol–water partition coefficient (Wildman–Crippen LogP) is 2.17. The molecule has 0 radical (unpaired) electrons. The maximum absolute atomic E-state index is 10.1. The Morgan fingerprint density at radius 2 is 1.94 bits per heavy atom. The van der Waals surface area contributed by atoms with Crippen LogP contribution in [0.3, 0.4) is 0 Å². The Bertz CT molecular complexity index is 327. The van der Waals surface area contributed by atoms with Crippen LogP contribution in [-0.2, 0) is 9.47 Å². The quantitative estimate of drug-likeness (QED) is 0.686. The van der Waals surface area contributed by atoms with Gasteiger partial charge in [-0.25, -0.2) is 0 Å². The molecule has 1 rings (SSSR count). The summed E-state index contributed by atoms with van der Waals surface area (Å²) in [5, 5.41) is 10.1. The molecule has 0 aliphatic rings. The standard InChI is InChI=1S/C14H22O4/c1-3-8-18-14-7-5-4-6-12(14)13(15)11-17-10-9-16-2/h4-7,13,15H,3,8-11H2,1-2H3. The van der Waals surface area contributed by atoms with Crippen LogP contribution in [0.25, 0.3) is 0 Å². The Labute approximate surface area is 108 Å². The molecule has 4 nitrogen and oxygen atoms in total. The summed E-state index contributed by atoms with van der Waals surface area (Å²) in [6.45, 7) is 3.95. The topological polar surface area (TPSA) is 47.9 Å². The number of ether oxygens (including phenoxy) is 3. The number of hydrogen-bond donors (Lipinski definition) is 1. The molecule has 4 heteroatoms. The first-order valence-corrected chi connectivity index (χ1v) is 6.26. The van der Waals surface area contributed by atoms with Crippen molar-refractivity contribution in [3.63, 3.8) is 0 Å². The van der Waals surface area contributed by atoms with Gasteiger partial charge in [0.15, 0.2) is 0 Å². The second-order valence-electron chi connectivity index (χ2n) is 3.97. The van der Waals surface area contributed by atoms with E-state index in [-0.39, 0.29) is 6.61 Å². The third-order valence-corrected chi connectivity index (χ3v) is 2.45. The molecule has 0 aliphatic carbocycles. The van der Waals surface area contributed by atoms with Crippen molar-refractivity contribution < 1.29 is 19.3 Å². The molecular weight excluding hydrogens is 232 g/mol. The predicted molar refractivity (Wildman–Crippen MR) is 69.9 cm³/mol. The van der Waals surface area contributed by atoms with Crippen LogP contribution >= 0.6 is 0 Å². The summed E-state index contributed by atoms with van der Waals surface area (Å²) in [5.41, 5.74) is 0.767. The molecule has 0 saturated carbocycles. The van der Waals surface area contributed by atoms with Gasteiger partial charge in [0.2, 0.25) is 0 Å². The van der Waals surface area contributed by atoms with Gasteiger partial charge in [0.05, 0.1) is 26.4 Å². The van der Waals surface area contributed by atoms with Gasteiger partial charge in [-0.1, -0.05) is 25.1 Å². The van der Waals surface area contributed by atoms with Gasteiger partial charge in [-0.15, -0.1) is 0 Å². The fraction of sp³-hybridized carbons (Fsp3) is 0.571. The van der Waals surface area contributed by atoms with Crippen LogP contribution in [0.5, 0.6) is 5.75 Å². The van der Waals surface area contributed by atoms with Crippen molar-refractivity contribution in [3.05, 3.63) is 29.8 Å². The lowest BCUT2D eigenvalue weighted by Gasteiger charge is -2.16. The SMILES string of the molecule is CCCOc1ccccc1C(O)COCCOC. The number of rotatable bonds is 9. The molecule has 1 unspecified atom stereocenters. The minimum atomic E-state index is -0.671. The summed E-state index contributed by atoms with van der Waals surface area (Å²) in [6, 6.07) is 7.50. The number of benzene rings is 1. The molecule has 1 aromatic carbocycles. The molecule has 18 heavy (non-hydrogen) atoms. The molecule has 1 aromatic rings. The molecule has 0 bridgehead atoms. The number of hydrogen-bond acceptors (Lipinski definition) is 4. The lowest BCUT2D eigenvalue weighted by Crippen LogP contribution is -2.12. The summed E-state index contributed by atoms with van der Waals surface area (Å²) in [5.74, 6) is 0.724. The smallest absolute Gasteiger partial charge is 0.125 e. The van der Waals surface area contributed by atoms with E-state index in [0.717, 1.165) is 17.7 Å². The van der Waals surface area contributed by atoms with Gasteiger partial charge in [-0.2, -0.15) is 0 Å². The Kier molecular flexibility index (Phi) is 7.41. The van der Waals surface area contributed by atoms with Crippen molar-refractivity contribution in [1.29, 1.82) is 0 Å². The summed E-state index contributed by atoms with van der Waals surface area (Å²) < 4.78 is 15.8. The van der Waals surface area contributed by atoms with Crippen LogP contribution in [0.15, 0.2) is 24.3 Å². The first kappa shape index (κ1) is 15.0. The second kappa shape index (κ2) is 8.91. The van der Waals surface area contributed by atoms with Crippen molar-refractivity contribution >= 4 is 0 Å². The van der Waals surface area contributed by atoms with Crippen molar-refractivity contribution in [2.45, 2.75) is 19.4 Å².